The van der Waals surface area contributed by atoms with Crippen LogP contribution in [0.3, 0.4) is 0 Å². The van der Waals surface area contributed by atoms with Gasteiger partial charge in [0.25, 0.3) is 0 Å². The lowest BCUT2D eigenvalue weighted by molar-refractivity contribution is -0.138. The van der Waals surface area contributed by atoms with Gasteiger partial charge in [-0.05, 0) is 44.4 Å². The average molecular weight is 311 g/mol. The summed E-state index contributed by atoms with van der Waals surface area (Å²) in [5, 5.41) is 6.10. The Morgan fingerprint density at radius 3 is 2.43 bits per heavy atom. The number of benzene rings is 1. The molecule has 1 rings (SSSR count). The number of anilines is 1. The second kappa shape index (κ2) is 6.94. The van der Waals surface area contributed by atoms with Crippen LogP contribution in [0.15, 0.2) is 18.2 Å². The van der Waals surface area contributed by atoms with Crippen molar-refractivity contribution in [3.63, 3.8) is 0 Å². The Labute approximate surface area is 131 Å². The summed E-state index contributed by atoms with van der Waals surface area (Å²) in [4.78, 5) is 24.5. The molecule has 21 heavy (non-hydrogen) atoms. The van der Waals surface area contributed by atoms with Crippen molar-refractivity contribution in [1.29, 1.82) is 0 Å². The second-order valence-electron chi connectivity index (χ2n) is 6.14. The Kier molecular flexibility index (Phi) is 5.78. The van der Waals surface area contributed by atoms with Crippen molar-refractivity contribution in [3.8, 4) is 0 Å². The lowest BCUT2D eigenvalue weighted by atomic mass is 9.90. The summed E-state index contributed by atoms with van der Waals surface area (Å²) in [7, 11) is 0. The first kappa shape index (κ1) is 17.5. The minimum Gasteiger partial charge on any atom is -0.355 e. The fourth-order valence-electron chi connectivity index (χ4n) is 1.63. The van der Waals surface area contributed by atoms with Gasteiger partial charge in [0.05, 0.1) is 0 Å². The predicted octanol–water partition coefficient (Wildman–Crippen LogP) is 3.39. The van der Waals surface area contributed by atoms with Gasteiger partial charge in [0.15, 0.2) is 0 Å². The zero-order valence-corrected chi connectivity index (χ0v) is 14.0. The van der Waals surface area contributed by atoms with Crippen molar-refractivity contribution in [2.75, 3.05) is 11.9 Å². The summed E-state index contributed by atoms with van der Waals surface area (Å²) in [6.07, 6.45) is 0. The van der Waals surface area contributed by atoms with E-state index in [9.17, 15) is 9.59 Å². The number of carbonyl (C=O) groups excluding carboxylic acids is 2. The molecule has 0 aromatic heterocycles. The molecule has 0 radical (unpaired) electrons. The molecule has 0 unspecified atom stereocenters. The molecule has 116 valence electrons. The van der Waals surface area contributed by atoms with E-state index in [0.29, 0.717) is 23.2 Å². The second-order valence-corrected chi connectivity index (χ2v) is 6.58. The number of hydrogen-bond acceptors (Lipinski definition) is 2. The highest BCUT2D eigenvalue weighted by atomic mass is 35.5. The molecule has 0 aliphatic heterocycles. The van der Waals surface area contributed by atoms with Gasteiger partial charge < -0.3 is 10.6 Å². The molecule has 0 spiro atoms. The van der Waals surface area contributed by atoms with E-state index in [2.05, 4.69) is 10.6 Å². The number of carbonyl (C=O) groups is 2. The van der Waals surface area contributed by atoms with E-state index in [-0.39, 0.29) is 11.8 Å². The maximum atomic E-state index is 12.4. The van der Waals surface area contributed by atoms with Crippen LogP contribution < -0.4 is 10.6 Å². The molecule has 5 heteroatoms. The molecular weight excluding hydrogens is 288 g/mol. The van der Waals surface area contributed by atoms with Gasteiger partial charge in [0, 0.05) is 17.3 Å². The summed E-state index contributed by atoms with van der Waals surface area (Å²) < 4.78 is 0. The Bertz CT molecular complexity index is 539. The van der Waals surface area contributed by atoms with Crippen LogP contribution in [0.1, 0.15) is 33.3 Å². The van der Waals surface area contributed by atoms with Crippen LogP contribution in [0.5, 0.6) is 0 Å². The smallest absolute Gasteiger partial charge is 0.239 e. The van der Waals surface area contributed by atoms with Gasteiger partial charge in [0.1, 0.15) is 5.41 Å². The first-order valence-electron chi connectivity index (χ1n) is 7.00. The minimum atomic E-state index is -1.15. The quantitative estimate of drug-likeness (QED) is 0.819. The van der Waals surface area contributed by atoms with Crippen LogP contribution in [0.4, 0.5) is 5.69 Å². The van der Waals surface area contributed by atoms with Crippen molar-refractivity contribution in [2.24, 2.45) is 11.3 Å². The van der Waals surface area contributed by atoms with Crippen LogP contribution in [-0.4, -0.2) is 18.4 Å². The molecule has 2 amide bonds. The number of nitrogens with one attached hydrogen (secondary N) is 2. The number of rotatable bonds is 5. The maximum absolute atomic E-state index is 12.4. The summed E-state index contributed by atoms with van der Waals surface area (Å²) in [5.41, 5.74) is 0.368. The predicted molar refractivity (Wildman–Crippen MR) is 86.4 cm³/mol. The number of halogens is 1. The van der Waals surface area contributed by atoms with Crippen molar-refractivity contribution in [3.05, 3.63) is 28.8 Å². The average Bonchev–Trinajstić information content (AvgIpc) is 2.39. The molecule has 0 saturated carbocycles. The van der Waals surface area contributed by atoms with E-state index in [1.807, 2.05) is 26.8 Å². The van der Waals surface area contributed by atoms with Crippen molar-refractivity contribution < 1.29 is 9.59 Å². The highest BCUT2D eigenvalue weighted by Gasteiger charge is 2.36. The number of hydrogen-bond donors (Lipinski definition) is 2. The SMILES string of the molecule is Cc1ccc(Cl)cc1NC(=O)C(C)(C)C(=O)NCC(C)C. The molecule has 1 aromatic carbocycles. The molecule has 4 nitrogen and oxygen atoms in total. The Hall–Kier alpha value is -1.55. The monoisotopic (exact) mass is 310 g/mol. The molecule has 0 saturated heterocycles. The third-order valence-electron chi connectivity index (χ3n) is 3.25. The lowest BCUT2D eigenvalue weighted by Crippen LogP contribution is -2.46. The maximum Gasteiger partial charge on any atom is 0.239 e. The molecule has 0 heterocycles. The lowest BCUT2D eigenvalue weighted by Gasteiger charge is -2.23. The van der Waals surface area contributed by atoms with E-state index in [1.165, 1.54) is 0 Å². The van der Waals surface area contributed by atoms with Crippen LogP contribution in [0.2, 0.25) is 5.02 Å². The number of aryl methyl sites for hydroxylation is 1. The first-order chi connectivity index (χ1) is 9.64. The normalized spacial score (nSPS) is 11.4. The van der Waals surface area contributed by atoms with E-state index in [1.54, 1.807) is 26.0 Å². The highest BCUT2D eigenvalue weighted by molar-refractivity contribution is 6.31. The largest absolute Gasteiger partial charge is 0.355 e. The first-order valence-corrected chi connectivity index (χ1v) is 7.38. The van der Waals surface area contributed by atoms with Crippen LogP contribution in [-0.2, 0) is 9.59 Å². The molecule has 0 aliphatic carbocycles. The van der Waals surface area contributed by atoms with Gasteiger partial charge in [-0.1, -0.05) is 31.5 Å². The van der Waals surface area contributed by atoms with E-state index in [4.69, 9.17) is 11.6 Å². The summed E-state index contributed by atoms with van der Waals surface area (Å²) in [6, 6.07) is 5.26. The fourth-order valence-corrected chi connectivity index (χ4v) is 1.80. The van der Waals surface area contributed by atoms with E-state index < -0.39 is 5.41 Å². The Balaban J connectivity index is 2.81. The summed E-state index contributed by atoms with van der Waals surface area (Å²) in [5.74, 6) is -0.300. The Morgan fingerprint density at radius 2 is 1.86 bits per heavy atom. The fraction of sp³-hybridized carbons (Fsp3) is 0.500. The topological polar surface area (TPSA) is 58.2 Å². The highest BCUT2D eigenvalue weighted by Crippen LogP contribution is 2.24. The zero-order chi connectivity index (χ0) is 16.2. The standard InChI is InChI=1S/C16H23ClN2O2/c1-10(2)9-18-14(20)16(4,5)15(21)19-13-8-12(17)7-6-11(13)3/h6-8,10H,9H2,1-5H3,(H,18,20)(H,19,21). The van der Waals surface area contributed by atoms with Crippen molar-refractivity contribution >= 4 is 29.1 Å². The molecule has 0 bridgehead atoms. The molecule has 0 atom stereocenters. The third-order valence-corrected chi connectivity index (χ3v) is 3.49. The van der Waals surface area contributed by atoms with Crippen LogP contribution >= 0.6 is 11.6 Å². The van der Waals surface area contributed by atoms with Crippen molar-refractivity contribution in [2.45, 2.75) is 34.6 Å². The Morgan fingerprint density at radius 1 is 1.24 bits per heavy atom. The van der Waals surface area contributed by atoms with Crippen LogP contribution in [0, 0.1) is 18.3 Å². The number of amides is 2. The van der Waals surface area contributed by atoms with Gasteiger partial charge in [-0.25, -0.2) is 0 Å². The van der Waals surface area contributed by atoms with E-state index >= 15 is 0 Å². The zero-order valence-electron chi connectivity index (χ0n) is 13.2. The molecule has 0 aliphatic rings. The molecular formula is C16H23ClN2O2. The van der Waals surface area contributed by atoms with Gasteiger partial charge in [-0.15, -0.1) is 0 Å². The van der Waals surface area contributed by atoms with Gasteiger partial charge in [0.2, 0.25) is 11.8 Å². The molecule has 0 fully saturated rings. The van der Waals surface area contributed by atoms with Crippen LogP contribution in [0.25, 0.3) is 0 Å². The van der Waals surface area contributed by atoms with E-state index in [0.717, 1.165) is 5.56 Å². The van der Waals surface area contributed by atoms with Gasteiger partial charge >= 0.3 is 0 Å². The molecule has 1 aromatic rings. The van der Waals surface area contributed by atoms with Crippen molar-refractivity contribution in [1.82, 2.24) is 5.32 Å². The summed E-state index contributed by atoms with van der Waals surface area (Å²) in [6.45, 7) is 9.64. The third kappa shape index (κ3) is 4.74. The molecule has 2 N–H and O–H groups in total. The van der Waals surface area contributed by atoms with Gasteiger partial charge in [-0.2, -0.15) is 0 Å². The minimum absolute atomic E-state index is 0.284. The summed E-state index contributed by atoms with van der Waals surface area (Å²) >= 11 is 5.93. The van der Waals surface area contributed by atoms with Gasteiger partial charge in [-0.3, -0.25) is 9.59 Å².